The third-order valence-electron chi connectivity index (χ3n) is 3.85. The van der Waals surface area contributed by atoms with Crippen LogP contribution in [-0.2, 0) is 15.3 Å². The van der Waals surface area contributed by atoms with Gasteiger partial charge >= 0.3 is 0 Å². The van der Waals surface area contributed by atoms with E-state index in [4.69, 9.17) is 5.73 Å². The molecule has 17 heavy (non-hydrogen) atoms. The Balaban J connectivity index is 2.35. The van der Waals surface area contributed by atoms with Gasteiger partial charge in [0.25, 0.3) is 0 Å². The largest absolute Gasteiger partial charge is 0.330 e. The molecular formula is C13H19NO2S. The first-order chi connectivity index (χ1) is 7.98. The van der Waals surface area contributed by atoms with E-state index in [1.54, 1.807) is 12.1 Å². The second-order valence-corrected chi connectivity index (χ2v) is 7.00. The highest BCUT2D eigenvalue weighted by Gasteiger charge is 2.34. The van der Waals surface area contributed by atoms with E-state index in [2.05, 4.69) is 0 Å². The van der Waals surface area contributed by atoms with Crippen LogP contribution in [-0.4, -0.2) is 21.2 Å². The van der Waals surface area contributed by atoms with Crippen molar-refractivity contribution in [3.8, 4) is 0 Å². The number of nitrogens with two attached hydrogens (primary N) is 1. The summed E-state index contributed by atoms with van der Waals surface area (Å²) >= 11 is 0. The first kappa shape index (κ1) is 12.6. The van der Waals surface area contributed by atoms with E-state index in [0.717, 1.165) is 12.8 Å². The van der Waals surface area contributed by atoms with Crippen molar-refractivity contribution in [2.75, 3.05) is 12.8 Å². The summed E-state index contributed by atoms with van der Waals surface area (Å²) in [5, 5.41) is 0. The van der Waals surface area contributed by atoms with Crippen LogP contribution in [0.2, 0.25) is 0 Å². The molecule has 0 heterocycles. The zero-order chi connectivity index (χ0) is 12.5. The van der Waals surface area contributed by atoms with Crippen LogP contribution >= 0.6 is 0 Å². The summed E-state index contributed by atoms with van der Waals surface area (Å²) in [6, 6.07) is 7.24. The van der Waals surface area contributed by atoms with Gasteiger partial charge in [-0.1, -0.05) is 25.0 Å². The Morgan fingerprint density at radius 3 is 2.12 bits per heavy atom. The molecule has 1 saturated carbocycles. The normalized spacial score (nSPS) is 19.4. The standard InChI is InChI=1S/C13H19NO2S/c1-17(15,16)12-6-4-11(5-7-12)13(10-14)8-2-3-9-13/h4-7H,2-3,8-10,14H2,1H3. The summed E-state index contributed by atoms with van der Waals surface area (Å²) in [5.74, 6) is 0. The Kier molecular flexibility index (Phi) is 3.27. The van der Waals surface area contributed by atoms with Crippen LogP contribution in [0.3, 0.4) is 0 Å². The van der Waals surface area contributed by atoms with Crippen molar-refractivity contribution in [1.29, 1.82) is 0 Å². The quantitative estimate of drug-likeness (QED) is 0.894. The van der Waals surface area contributed by atoms with Crippen LogP contribution in [0.15, 0.2) is 29.2 Å². The van der Waals surface area contributed by atoms with Gasteiger partial charge in [0.05, 0.1) is 4.90 Å². The molecule has 1 aromatic rings. The molecule has 2 rings (SSSR count). The second kappa shape index (κ2) is 4.42. The van der Waals surface area contributed by atoms with Gasteiger partial charge < -0.3 is 5.73 Å². The monoisotopic (exact) mass is 253 g/mol. The third kappa shape index (κ3) is 2.38. The van der Waals surface area contributed by atoms with E-state index < -0.39 is 9.84 Å². The fourth-order valence-electron chi connectivity index (χ4n) is 2.72. The summed E-state index contributed by atoms with van der Waals surface area (Å²) in [7, 11) is -3.10. The Bertz CT molecular complexity index is 485. The summed E-state index contributed by atoms with van der Waals surface area (Å²) in [6.45, 7) is 0.644. The van der Waals surface area contributed by atoms with E-state index in [9.17, 15) is 8.42 Å². The van der Waals surface area contributed by atoms with Crippen LogP contribution < -0.4 is 5.73 Å². The van der Waals surface area contributed by atoms with Crippen molar-refractivity contribution in [3.05, 3.63) is 29.8 Å². The average Bonchev–Trinajstić information content (AvgIpc) is 2.78. The van der Waals surface area contributed by atoms with E-state index >= 15 is 0 Å². The molecule has 0 aliphatic heterocycles. The van der Waals surface area contributed by atoms with Gasteiger partial charge in [-0.25, -0.2) is 8.42 Å². The molecule has 2 N–H and O–H groups in total. The number of benzene rings is 1. The molecule has 0 saturated heterocycles. The molecule has 4 heteroatoms. The van der Waals surface area contributed by atoms with Crippen molar-refractivity contribution in [3.63, 3.8) is 0 Å². The van der Waals surface area contributed by atoms with Crippen molar-refractivity contribution < 1.29 is 8.42 Å². The van der Waals surface area contributed by atoms with E-state index in [1.807, 2.05) is 12.1 Å². The highest BCUT2D eigenvalue weighted by molar-refractivity contribution is 7.90. The Morgan fingerprint density at radius 1 is 1.18 bits per heavy atom. The topological polar surface area (TPSA) is 60.2 Å². The molecule has 0 atom stereocenters. The van der Waals surface area contributed by atoms with Crippen molar-refractivity contribution >= 4 is 9.84 Å². The number of hydrogen-bond acceptors (Lipinski definition) is 3. The molecule has 1 aliphatic rings. The maximum absolute atomic E-state index is 11.4. The van der Waals surface area contributed by atoms with Gasteiger partial charge in [-0.2, -0.15) is 0 Å². The van der Waals surface area contributed by atoms with Crippen LogP contribution in [0.25, 0.3) is 0 Å². The van der Waals surface area contributed by atoms with Crippen LogP contribution in [0.4, 0.5) is 0 Å². The first-order valence-electron chi connectivity index (χ1n) is 5.99. The molecule has 0 spiro atoms. The molecule has 0 aromatic heterocycles. The fourth-order valence-corrected chi connectivity index (χ4v) is 3.35. The number of hydrogen-bond donors (Lipinski definition) is 1. The molecule has 0 bridgehead atoms. The summed E-state index contributed by atoms with van der Waals surface area (Å²) in [6.07, 6.45) is 5.88. The molecule has 0 amide bonds. The third-order valence-corrected chi connectivity index (χ3v) is 4.97. The molecule has 94 valence electrons. The zero-order valence-electron chi connectivity index (χ0n) is 10.1. The number of sulfone groups is 1. The average molecular weight is 253 g/mol. The molecule has 1 aliphatic carbocycles. The van der Waals surface area contributed by atoms with Crippen molar-refractivity contribution in [2.45, 2.75) is 36.0 Å². The summed E-state index contributed by atoms with van der Waals surface area (Å²) in [5.41, 5.74) is 7.17. The molecule has 0 unspecified atom stereocenters. The fraction of sp³-hybridized carbons (Fsp3) is 0.538. The minimum absolute atomic E-state index is 0.0794. The lowest BCUT2D eigenvalue weighted by atomic mass is 9.79. The highest BCUT2D eigenvalue weighted by Crippen LogP contribution is 2.40. The Labute approximate surface area is 103 Å². The van der Waals surface area contributed by atoms with Crippen molar-refractivity contribution in [2.24, 2.45) is 5.73 Å². The van der Waals surface area contributed by atoms with Gasteiger partial charge in [-0.15, -0.1) is 0 Å². The lowest BCUT2D eigenvalue weighted by molar-refractivity contribution is 0.452. The predicted molar refractivity (Wildman–Crippen MR) is 68.8 cm³/mol. The van der Waals surface area contributed by atoms with Gasteiger partial charge in [0.1, 0.15) is 0 Å². The Morgan fingerprint density at radius 2 is 1.71 bits per heavy atom. The summed E-state index contributed by atoms with van der Waals surface area (Å²) < 4.78 is 22.8. The molecule has 1 fully saturated rings. The first-order valence-corrected chi connectivity index (χ1v) is 7.88. The highest BCUT2D eigenvalue weighted by atomic mass is 32.2. The minimum atomic E-state index is -3.10. The molecule has 3 nitrogen and oxygen atoms in total. The SMILES string of the molecule is CS(=O)(=O)c1ccc(C2(CN)CCCC2)cc1. The maximum Gasteiger partial charge on any atom is 0.175 e. The smallest absolute Gasteiger partial charge is 0.175 e. The van der Waals surface area contributed by atoms with Gasteiger partial charge in [0.15, 0.2) is 9.84 Å². The van der Waals surface area contributed by atoms with Gasteiger partial charge in [-0.05, 0) is 30.5 Å². The van der Waals surface area contributed by atoms with E-state index in [-0.39, 0.29) is 5.41 Å². The van der Waals surface area contributed by atoms with Gasteiger partial charge in [0, 0.05) is 18.2 Å². The van der Waals surface area contributed by atoms with Crippen molar-refractivity contribution in [1.82, 2.24) is 0 Å². The van der Waals surface area contributed by atoms with Crippen LogP contribution in [0.5, 0.6) is 0 Å². The van der Waals surface area contributed by atoms with E-state index in [0.29, 0.717) is 11.4 Å². The van der Waals surface area contributed by atoms with Crippen LogP contribution in [0, 0.1) is 0 Å². The zero-order valence-corrected chi connectivity index (χ0v) is 11.0. The predicted octanol–water partition coefficient (Wildman–Crippen LogP) is 1.86. The van der Waals surface area contributed by atoms with Gasteiger partial charge in [0.2, 0.25) is 0 Å². The molecule has 1 aromatic carbocycles. The minimum Gasteiger partial charge on any atom is -0.330 e. The maximum atomic E-state index is 11.4. The molecule has 0 radical (unpaired) electrons. The van der Waals surface area contributed by atoms with E-state index in [1.165, 1.54) is 24.7 Å². The summed E-state index contributed by atoms with van der Waals surface area (Å²) in [4.78, 5) is 0.381. The van der Waals surface area contributed by atoms with Gasteiger partial charge in [-0.3, -0.25) is 0 Å². The number of rotatable bonds is 3. The molecular weight excluding hydrogens is 234 g/mol. The van der Waals surface area contributed by atoms with Crippen LogP contribution in [0.1, 0.15) is 31.2 Å². The lowest BCUT2D eigenvalue weighted by Gasteiger charge is -2.27. The second-order valence-electron chi connectivity index (χ2n) is 4.99. The lowest BCUT2D eigenvalue weighted by Crippen LogP contribution is -2.31. The Hall–Kier alpha value is -0.870.